The van der Waals surface area contributed by atoms with Gasteiger partial charge in [-0.25, -0.2) is 8.42 Å². The van der Waals surface area contributed by atoms with Gasteiger partial charge in [-0.1, -0.05) is 29.3 Å². The van der Waals surface area contributed by atoms with Crippen molar-refractivity contribution in [1.29, 1.82) is 0 Å². The van der Waals surface area contributed by atoms with Crippen LogP contribution < -0.4 is 14.4 Å². The third-order valence-corrected chi connectivity index (χ3v) is 6.75. The van der Waals surface area contributed by atoms with Gasteiger partial charge in [0.2, 0.25) is 21.8 Å². The number of rotatable bonds is 10. The van der Waals surface area contributed by atoms with Crippen LogP contribution in [-0.4, -0.2) is 57.6 Å². The van der Waals surface area contributed by atoms with Gasteiger partial charge >= 0.3 is 0 Å². The van der Waals surface area contributed by atoms with Crippen molar-refractivity contribution in [2.75, 3.05) is 30.8 Å². The Balaban J connectivity index is 2.37. The van der Waals surface area contributed by atoms with Crippen molar-refractivity contribution in [1.82, 2.24) is 10.2 Å². The van der Waals surface area contributed by atoms with Gasteiger partial charge < -0.3 is 15.0 Å². The third kappa shape index (κ3) is 7.25. The minimum atomic E-state index is -3.80. The summed E-state index contributed by atoms with van der Waals surface area (Å²) in [7, 11) is -2.34. The summed E-state index contributed by atoms with van der Waals surface area (Å²) in [5.41, 5.74) is 0.942. The molecule has 0 fully saturated rings. The molecule has 0 radical (unpaired) electrons. The molecule has 8 nitrogen and oxygen atoms in total. The zero-order chi connectivity index (χ0) is 24.8. The first-order valence-corrected chi connectivity index (χ1v) is 12.7. The molecule has 1 atom stereocenters. The first-order chi connectivity index (χ1) is 15.5. The molecular weight excluding hydrogens is 489 g/mol. The smallest absolute Gasteiger partial charge is 0.244 e. The quantitative estimate of drug-likeness (QED) is 0.523. The Labute approximate surface area is 204 Å². The van der Waals surface area contributed by atoms with E-state index in [4.69, 9.17) is 27.9 Å². The molecule has 0 heterocycles. The molecule has 33 heavy (non-hydrogen) atoms. The number of carbonyl (C=O) groups excluding carboxylic acids is 2. The number of amides is 2. The highest BCUT2D eigenvalue weighted by atomic mass is 35.5. The highest BCUT2D eigenvalue weighted by molar-refractivity contribution is 7.92. The molecule has 0 aromatic heterocycles. The fourth-order valence-electron chi connectivity index (χ4n) is 3.12. The molecule has 11 heteroatoms. The lowest BCUT2D eigenvalue weighted by atomic mass is 10.1. The fraction of sp³-hybridized carbons (Fsp3) is 0.364. The van der Waals surface area contributed by atoms with Crippen molar-refractivity contribution in [2.45, 2.75) is 26.4 Å². The maximum atomic E-state index is 13.3. The van der Waals surface area contributed by atoms with Gasteiger partial charge in [0, 0.05) is 13.6 Å². The number of hydrogen-bond acceptors (Lipinski definition) is 5. The van der Waals surface area contributed by atoms with Crippen molar-refractivity contribution in [2.24, 2.45) is 0 Å². The van der Waals surface area contributed by atoms with Crippen LogP contribution in [0.3, 0.4) is 0 Å². The number of sulfonamides is 1. The second-order valence-electron chi connectivity index (χ2n) is 7.26. The van der Waals surface area contributed by atoms with E-state index in [2.05, 4.69) is 5.32 Å². The Hall–Kier alpha value is -2.49. The lowest BCUT2D eigenvalue weighted by Gasteiger charge is -2.31. The normalized spacial score (nSPS) is 12.1. The molecule has 2 aromatic carbocycles. The lowest BCUT2D eigenvalue weighted by molar-refractivity contribution is -0.139. The van der Waals surface area contributed by atoms with Crippen molar-refractivity contribution in [3.8, 4) is 5.75 Å². The molecule has 0 bridgehead atoms. The van der Waals surface area contributed by atoms with Gasteiger partial charge in [0.25, 0.3) is 0 Å². The van der Waals surface area contributed by atoms with Gasteiger partial charge in [-0.15, -0.1) is 0 Å². The number of carbonyl (C=O) groups is 2. The Kier molecular flexibility index (Phi) is 9.39. The molecular formula is C22H27Cl2N3O5S. The number of anilines is 1. The molecule has 0 saturated carbocycles. The molecule has 2 aromatic rings. The number of nitrogens with zero attached hydrogens (tertiary/aromatic N) is 2. The highest BCUT2D eigenvalue weighted by Crippen LogP contribution is 2.25. The van der Waals surface area contributed by atoms with Gasteiger partial charge in [-0.3, -0.25) is 13.9 Å². The summed E-state index contributed by atoms with van der Waals surface area (Å²) in [6.07, 6.45) is 1.02. The zero-order valence-electron chi connectivity index (χ0n) is 18.8. The summed E-state index contributed by atoms with van der Waals surface area (Å²) in [5.74, 6) is -0.373. The number of benzene rings is 2. The van der Waals surface area contributed by atoms with E-state index in [-0.39, 0.29) is 6.54 Å². The van der Waals surface area contributed by atoms with Crippen LogP contribution in [0.15, 0.2) is 42.5 Å². The van der Waals surface area contributed by atoms with E-state index in [0.29, 0.717) is 33.7 Å². The van der Waals surface area contributed by atoms with E-state index >= 15 is 0 Å². The number of ether oxygens (including phenoxy) is 1. The molecule has 0 spiro atoms. The largest absolute Gasteiger partial charge is 0.494 e. The predicted molar refractivity (Wildman–Crippen MR) is 130 cm³/mol. The van der Waals surface area contributed by atoms with Gasteiger partial charge in [0.05, 0.1) is 28.6 Å². The monoisotopic (exact) mass is 515 g/mol. The predicted octanol–water partition coefficient (Wildman–Crippen LogP) is 3.32. The first kappa shape index (κ1) is 26.8. The Morgan fingerprint density at radius 1 is 1.09 bits per heavy atom. The van der Waals surface area contributed by atoms with Crippen LogP contribution >= 0.6 is 23.2 Å². The molecule has 2 rings (SSSR count). The second-order valence-corrected chi connectivity index (χ2v) is 9.98. The zero-order valence-corrected chi connectivity index (χ0v) is 21.2. The minimum absolute atomic E-state index is 0.0329. The van der Waals surface area contributed by atoms with Crippen LogP contribution in [0.25, 0.3) is 0 Å². The van der Waals surface area contributed by atoms with E-state index in [0.717, 1.165) is 10.6 Å². The van der Waals surface area contributed by atoms with Crippen molar-refractivity contribution in [3.63, 3.8) is 0 Å². The van der Waals surface area contributed by atoms with E-state index in [9.17, 15) is 18.0 Å². The fourth-order valence-corrected chi connectivity index (χ4v) is 4.29. The van der Waals surface area contributed by atoms with Crippen LogP contribution in [0.1, 0.15) is 19.4 Å². The average Bonchev–Trinajstić information content (AvgIpc) is 2.77. The summed E-state index contributed by atoms with van der Waals surface area (Å²) < 4.78 is 31.4. The molecule has 0 saturated heterocycles. The SMILES string of the molecule is CCOc1ccc(N(CC(=O)N(Cc2ccc(Cl)c(Cl)c2)[C@@H](C)C(=O)NC)S(C)(=O)=O)cc1. The van der Waals surface area contributed by atoms with Gasteiger partial charge in [0.15, 0.2) is 0 Å². The van der Waals surface area contributed by atoms with Crippen molar-refractivity contribution in [3.05, 3.63) is 58.1 Å². The summed E-state index contributed by atoms with van der Waals surface area (Å²) in [4.78, 5) is 26.9. The van der Waals surface area contributed by atoms with E-state index in [1.165, 1.54) is 11.9 Å². The highest BCUT2D eigenvalue weighted by Gasteiger charge is 2.29. The topological polar surface area (TPSA) is 96.0 Å². The van der Waals surface area contributed by atoms with Gasteiger partial charge in [-0.2, -0.15) is 0 Å². The first-order valence-electron chi connectivity index (χ1n) is 10.1. The van der Waals surface area contributed by atoms with Crippen LogP contribution in [-0.2, 0) is 26.2 Å². The van der Waals surface area contributed by atoms with Crippen LogP contribution in [0.5, 0.6) is 5.75 Å². The van der Waals surface area contributed by atoms with Gasteiger partial charge in [-0.05, 0) is 55.8 Å². The number of halogens is 2. The molecule has 0 aliphatic heterocycles. The summed E-state index contributed by atoms with van der Waals surface area (Å²) >= 11 is 12.1. The number of hydrogen-bond donors (Lipinski definition) is 1. The molecule has 0 aliphatic carbocycles. The Morgan fingerprint density at radius 2 is 1.73 bits per heavy atom. The summed E-state index contributed by atoms with van der Waals surface area (Å²) in [5, 5.41) is 3.18. The van der Waals surface area contributed by atoms with Crippen LogP contribution in [0.2, 0.25) is 10.0 Å². The molecule has 0 unspecified atom stereocenters. The second kappa shape index (κ2) is 11.6. The molecule has 180 valence electrons. The third-order valence-electron chi connectivity index (χ3n) is 4.87. The Bertz CT molecular complexity index is 1090. The summed E-state index contributed by atoms with van der Waals surface area (Å²) in [6, 6.07) is 10.4. The minimum Gasteiger partial charge on any atom is -0.494 e. The number of nitrogens with one attached hydrogen (secondary N) is 1. The maximum Gasteiger partial charge on any atom is 0.244 e. The van der Waals surface area contributed by atoms with Crippen molar-refractivity contribution < 1.29 is 22.7 Å². The van der Waals surface area contributed by atoms with Crippen molar-refractivity contribution >= 4 is 50.7 Å². The van der Waals surface area contributed by atoms with Crippen LogP contribution in [0, 0.1) is 0 Å². The van der Waals surface area contributed by atoms with Gasteiger partial charge in [0.1, 0.15) is 18.3 Å². The molecule has 1 N–H and O–H groups in total. The van der Waals surface area contributed by atoms with E-state index in [1.54, 1.807) is 49.4 Å². The number of likely N-dealkylation sites (N-methyl/N-ethyl adjacent to an activating group) is 1. The lowest BCUT2D eigenvalue weighted by Crippen LogP contribution is -2.50. The Morgan fingerprint density at radius 3 is 2.24 bits per heavy atom. The standard InChI is InChI=1S/C22H27Cl2N3O5S/c1-5-32-18-9-7-17(8-10-18)27(33(4,30)31)14-21(28)26(15(2)22(29)25-3)13-16-6-11-19(23)20(24)12-16/h6-12,15H,5,13-14H2,1-4H3,(H,25,29)/t15-/m0/s1. The molecule has 0 aliphatic rings. The van der Waals surface area contributed by atoms with E-state index in [1.807, 2.05) is 6.92 Å². The van der Waals surface area contributed by atoms with E-state index < -0.39 is 34.4 Å². The maximum absolute atomic E-state index is 13.3. The van der Waals surface area contributed by atoms with Crippen LogP contribution in [0.4, 0.5) is 5.69 Å². The summed E-state index contributed by atoms with van der Waals surface area (Å²) in [6.45, 7) is 3.41. The average molecular weight is 516 g/mol. The molecule has 2 amide bonds.